The van der Waals surface area contributed by atoms with Gasteiger partial charge in [-0.25, -0.2) is 0 Å². The SMILES string of the molecule is CC.CC.CC#N.CCc1ccccc1. The zero-order chi connectivity index (χ0) is 12.5. The lowest BCUT2D eigenvalue weighted by atomic mass is 10.2. The van der Waals surface area contributed by atoms with Crippen LogP contribution < -0.4 is 0 Å². The van der Waals surface area contributed by atoms with Gasteiger partial charge >= 0.3 is 0 Å². The highest BCUT2D eigenvalue weighted by atomic mass is 14.2. The highest BCUT2D eigenvalue weighted by Crippen LogP contribution is 1.96. The van der Waals surface area contributed by atoms with Gasteiger partial charge in [-0.05, 0) is 12.0 Å². The lowest BCUT2D eigenvalue weighted by Gasteiger charge is -1.89. The molecule has 0 fully saturated rings. The molecule has 0 saturated carbocycles. The Kier molecular flexibility index (Phi) is 29.6. The molecule has 0 radical (unpaired) electrons. The summed E-state index contributed by atoms with van der Waals surface area (Å²) in [5.41, 5.74) is 1.41. The van der Waals surface area contributed by atoms with Crippen LogP contribution in [-0.2, 0) is 6.42 Å². The molecular weight excluding hydrogens is 182 g/mol. The second-order valence-corrected chi connectivity index (χ2v) is 2.06. The van der Waals surface area contributed by atoms with Gasteiger partial charge in [0, 0.05) is 6.92 Å². The lowest BCUT2D eigenvalue weighted by molar-refractivity contribution is 1.14. The first-order chi connectivity index (χ1) is 7.35. The fourth-order valence-corrected chi connectivity index (χ4v) is 0.714. The first-order valence-corrected chi connectivity index (χ1v) is 5.69. The first kappa shape index (κ1) is 19.3. The third-order valence-electron chi connectivity index (χ3n) is 1.25. The van der Waals surface area contributed by atoms with Crippen molar-refractivity contribution in [1.29, 1.82) is 5.26 Å². The summed E-state index contributed by atoms with van der Waals surface area (Å²) in [7, 11) is 0. The van der Waals surface area contributed by atoms with Gasteiger partial charge in [0.1, 0.15) is 0 Å². The van der Waals surface area contributed by atoms with E-state index in [1.165, 1.54) is 12.5 Å². The summed E-state index contributed by atoms with van der Waals surface area (Å²) in [6.45, 7) is 11.6. The number of hydrogen-bond donors (Lipinski definition) is 0. The summed E-state index contributed by atoms with van der Waals surface area (Å²) in [5, 5.41) is 7.32. The van der Waals surface area contributed by atoms with E-state index < -0.39 is 0 Å². The van der Waals surface area contributed by atoms with Crippen molar-refractivity contribution in [3.8, 4) is 6.07 Å². The van der Waals surface area contributed by atoms with Crippen LogP contribution in [0.1, 0.15) is 47.1 Å². The molecule has 0 aromatic heterocycles. The topological polar surface area (TPSA) is 23.8 Å². The summed E-state index contributed by atoms with van der Waals surface area (Å²) in [5.74, 6) is 0. The molecule has 1 nitrogen and oxygen atoms in total. The average molecular weight is 207 g/mol. The molecule has 15 heavy (non-hydrogen) atoms. The number of benzene rings is 1. The van der Waals surface area contributed by atoms with Crippen molar-refractivity contribution in [1.82, 2.24) is 0 Å². The van der Waals surface area contributed by atoms with Gasteiger partial charge in [-0.3, -0.25) is 0 Å². The molecule has 1 aromatic carbocycles. The van der Waals surface area contributed by atoms with E-state index >= 15 is 0 Å². The Morgan fingerprint density at radius 3 is 1.53 bits per heavy atom. The second-order valence-electron chi connectivity index (χ2n) is 2.06. The van der Waals surface area contributed by atoms with Gasteiger partial charge in [0.2, 0.25) is 0 Å². The monoisotopic (exact) mass is 207 g/mol. The molecule has 86 valence electrons. The first-order valence-electron chi connectivity index (χ1n) is 5.69. The summed E-state index contributed by atoms with van der Waals surface area (Å²) in [6.07, 6.45) is 1.14. The minimum atomic E-state index is 1.14. The fraction of sp³-hybridized carbons (Fsp3) is 0.500. The zero-order valence-electron chi connectivity index (χ0n) is 11.0. The van der Waals surface area contributed by atoms with E-state index in [9.17, 15) is 0 Å². The molecule has 1 heteroatoms. The van der Waals surface area contributed by atoms with Gasteiger partial charge in [0.05, 0.1) is 6.07 Å². The Hall–Kier alpha value is -1.29. The van der Waals surface area contributed by atoms with Crippen LogP contribution in [-0.4, -0.2) is 0 Å². The summed E-state index contributed by atoms with van der Waals surface area (Å²) in [6, 6.07) is 12.2. The molecule has 0 spiro atoms. The standard InChI is InChI=1S/C8H10.C2H3N.2C2H6/c1-2-8-6-4-3-5-7-8;1-2-3;2*1-2/h3-7H,2H2,1H3;1H3;2*1-2H3. The predicted octanol–water partition coefficient (Wildman–Crippen LogP) is 4.83. The van der Waals surface area contributed by atoms with Gasteiger partial charge in [0.25, 0.3) is 0 Å². The van der Waals surface area contributed by atoms with Crippen molar-refractivity contribution in [2.45, 2.75) is 48.0 Å². The normalized spacial score (nSPS) is 6.20. The quantitative estimate of drug-likeness (QED) is 0.647. The highest BCUT2D eigenvalue weighted by molar-refractivity contribution is 5.13. The Labute approximate surface area is 95.8 Å². The highest BCUT2D eigenvalue weighted by Gasteiger charge is 1.79. The van der Waals surface area contributed by atoms with E-state index in [2.05, 4.69) is 31.2 Å². The van der Waals surface area contributed by atoms with Crippen LogP contribution in [0, 0.1) is 11.3 Å². The van der Waals surface area contributed by atoms with Crippen molar-refractivity contribution in [3.05, 3.63) is 35.9 Å². The van der Waals surface area contributed by atoms with E-state index in [0.29, 0.717) is 0 Å². The molecular formula is C14H25N. The van der Waals surface area contributed by atoms with E-state index in [1.54, 1.807) is 6.07 Å². The van der Waals surface area contributed by atoms with E-state index in [4.69, 9.17) is 5.26 Å². The van der Waals surface area contributed by atoms with Gasteiger partial charge in [-0.1, -0.05) is 65.0 Å². The van der Waals surface area contributed by atoms with Crippen LogP contribution >= 0.6 is 0 Å². The third-order valence-corrected chi connectivity index (χ3v) is 1.25. The van der Waals surface area contributed by atoms with Crippen LogP contribution in [0.5, 0.6) is 0 Å². The van der Waals surface area contributed by atoms with Crippen molar-refractivity contribution in [2.24, 2.45) is 0 Å². The van der Waals surface area contributed by atoms with Gasteiger partial charge < -0.3 is 0 Å². The number of rotatable bonds is 1. The fourth-order valence-electron chi connectivity index (χ4n) is 0.714. The van der Waals surface area contributed by atoms with Gasteiger partial charge in [-0.15, -0.1) is 0 Å². The van der Waals surface area contributed by atoms with Gasteiger partial charge in [-0.2, -0.15) is 5.26 Å². The molecule has 0 N–H and O–H groups in total. The number of nitrogens with zero attached hydrogens (tertiary/aromatic N) is 1. The minimum absolute atomic E-state index is 1.14. The molecule has 0 aliphatic carbocycles. The predicted molar refractivity (Wildman–Crippen MR) is 69.8 cm³/mol. The summed E-state index contributed by atoms with van der Waals surface area (Å²) < 4.78 is 0. The van der Waals surface area contributed by atoms with Crippen molar-refractivity contribution < 1.29 is 0 Å². The van der Waals surface area contributed by atoms with Crippen molar-refractivity contribution in [3.63, 3.8) is 0 Å². The maximum absolute atomic E-state index is 7.32. The van der Waals surface area contributed by atoms with E-state index in [1.807, 2.05) is 33.8 Å². The molecule has 0 atom stereocenters. The van der Waals surface area contributed by atoms with E-state index in [0.717, 1.165) is 6.42 Å². The zero-order valence-corrected chi connectivity index (χ0v) is 11.0. The van der Waals surface area contributed by atoms with Crippen LogP contribution in [0.2, 0.25) is 0 Å². The third kappa shape index (κ3) is 19.2. The lowest BCUT2D eigenvalue weighted by Crippen LogP contribution is -1.73. The van der Waals surface area contributed by atoms with Crippen LogP contribution in [0.4, 0.5) is 0 Å². The van der Waals surface area contributed by atoms with Crippen molar-refractivity contribution >= 4 is 0 Å². The number of aryl methyl sites for hydroxylation is 1. The molecule has 0 bridgehead atoms. The average Bonchev–Trinajstić information content (AvgIpc) is 2.36. The van der Waals surface area contributed by atoms with Crippen molar-refractivity contribution in [2.75, 3.05) is 0 Å². The van der Waals surface area contributed by atoms with Crippen LogP contribution in [0.25, 0.3) is 0 Å². The van der Waals surface area contributed by atoms with Gasteiger partial charge in [0.15, 0.2) is 0 Å². The summed E-state index contributed by atoms with van der Waals surface area (Å²) in [4.78, 5) is 0. The molecule has 0 heterocycles. The molecule has 1 aromatic rings. The number of hydrogen-bond acceptors (Lipinski definition) is 1. The Bertz CT molecular complexity index is 209. The largest absolute Gasteiger partial charge is 0.199 e. The molecule has 0 saturated heterocycles. The molecule has 0 aliphatic heterocycles. The molecule has 1 rings (SSSR count). The molecule has 0 amide bonds. The Balaban J connectivity index is -0.000000176. The molecule has 0 aliphatic rings. The second kappa shape index (κ2) is 23.0. The van der Waals surface area contributed by atoms with E-state index in [-0.39, 0.29) is 0 Å². The smallest absolute Gasteiger partial charge is 0.0587 e. The Morgan fingerprint density at radius 2 is 1.33 bits per heavy atom. The maximum Gasteiger partial charge on any atom is 0.0587 e. The molecule has 0 unspecified atom stereocenters. The Morgan fingerprint density at radius 1 is 1.00 bits per heavy atom. The summed E-state index contributed by atoms with van der Waals surface area (Å²) >= 11 is 0. The van der Waals surface area contributed by atoms with Crippen LogP contribution in [0.15, 0.2) is 30.3 Å². The minimum Gasteiger partial charge on any atom is -0.199 e. The number of nitriles is 1. The van der Waals surface area contributed by atoms with Crippen LogP contribution in [0.3, 0.4) is 0 Å². The maximum atomic E-state index is 7.32.